The van der Waals surface area contributed by atoms with E-state index in [0.29, 0.717) is 25.4 Å². The van der Waals surface area contributed by atoms with Gasteiger partial charge in [-0.15, -0.1) is 11.3 Å². The molecule has 6 nitrogen and oxygen atoms in total. The van der Waals surface area contributed by atoms with E-state index < -0.39 is 0 Å². The maximum Gasteiger partial charge on any atom is 0.409 e. The standard InChI is InChI=1S/C24H33N3O3S/c1-5-6-15-30-23(29)27-13-11-17(12-14-27)22-26-20(16-31-22)21(28)25-19-10-8-7-9-18(19)24(2,3)4/h7-10,16-17H,5-6,11-15H2,1-4H3,(H,25,28). The van der Waals surface area contributed by atoms with E-state index in [-0.39, 0.29) is 23.3 Å². The van der Waals surface area contributed by atoms with E-state index >= 15 is 0 Å². The second-order valence-electron chi connectivity index (χ2n) is 9.05. The normalized spacial score (nSPS) is 15.0. The van der Waals surface area contributed by atoms with E-state index in [9.17, 15) is 9.59 Å². The van der Waals surface area contributed by atoms with Crippen LogP contribution in [0.25, 0.3) is 0 Å². The molecule has 1 aromatic heterocycles. The minimum Gasteiger partial charge on any atom is -0.449 e. The van der Waals surface area contributed by atoms with Crippen molar-refractivity contribution < 1.29 is 14.3 Å². The SMILES string of the molecule is CCCCOC(=O)N1CCC(c2nc(C(=O)Nc3ccccc3C(C)(C)C)cs2)CC1. The highest BCUT2D eigenvalue weighted by molar-refractivity contribution is 7.10. The Morgan fingerprint density at radius 1 is 1.23 bits per heavy atom. The molecule has 0 atom stereocenters. The number of anilines is 1. The second-order valence-corrected chi connectivity index (χ2v) is 9.94. The Morgan fingerprint density at radius 3 is 2.61 bits per heavy atom. The van der Waals surface area contributed by atoms with E-state index in [4.69, 9.17) is 4.74 Å². The third kappa shape index (κ3) is 6.06. The molecule has 3 rings (SSSR count). The molecule has 0 bridgehead atoms. The molecule has 0 spiro atoms. The van der Waals surface area contributed by atoms with E-state index in [2.05, 4.69) is 38.0 Å². The fourth-order valence-corrected chi connectivity index (χ4v) is 4.69. The molecular weight excluding hydrogens is 410 g/mol. The first-order chi connectivity index (χ1) is 14.8. The van der Waals surface area contributed by atoms with E-state index in [0.717, 1.165) is 41.9 Å². The van der Waals surface area contributed by atoms with Crippen LogP contribution in [0, 0.1) is 0 Å². The molecule has 1 aliphatic rings. The summed E-state index contributed by atoms with van der Waals surface area (Å²) in [6, 6.07) is 7.89. The van der Waals surface area contributed by atoms with Crippen LogP contribution in [-0.2, 0) is 10.2 Å². The summed E-state index contributed by atoms with van der Waals surface area (Å²) in [6.07, 6.45) is 3.36. The van der Waals surface area contributed by atoms with Crippen LogP contribution in [-0.4, -0.2) is 41.6 Å². The number of ether oxygens (including phenoxy) is 1. The van der Waals surface area contributed by atoms with Crippen LogP contribution in [0.2, 0.25) is 0 Å². The lowest BCUT2D eigenvalue weighted by molar-refractivity contribution is 0.0916. The van der Waals surface area contributed by atoms with Crippen molar-refractivity contribution in [3.63, 3.8) is 0 Å². The molecule has 1 N–H and O–H groups in total. The van der Waals surface area contributed by atoms with Crippen molar-refractivity contribution in [3.8, 4) is 0 Å². The minimum absolute atomic E-state index is 0.0667. The second kappa shape index (κ2) is 10.3. The Hall–Kier alpha value is -2.41. The van der Waals surface area contributed by atoms with E-state index in [1.807, 2.05) is 29.6 Å². The molecule has 1 fully saturated rings. The van der Waals surface area contributed by atoms with Gasteiger partial charge in [0.15, 0.2) is 0 Å². The van der Waals surface area contributed by atoms with Gasteiger partial charge < -0.3 is 15.0 Å². The number of rotatable bonds is 6. The number of nitrogens with zero attached hydrogens (tertiary/aromatic N) is 2. The van der Waals surface area contributed by atoms with Gasteiger partial charge in [0, 0.05) is 30.1 Å². The predicted octanol–water partition coefficient (Wildman–Crippen LogP) is 5.81. The van der Waals surface area contributed by atoms with Gasteiger partial charge in [-0.3, -0.25) is 4.79 Å². The summed E-state index contributed by atoms with van der Waals surface area (Å²) in [7, 11) is 0. The van der Waals surface area contributed by atoms with E-state index in [1.165, 1.54) is 11.3 Å². The van der Waals surface area contributed by atoms with Crippen molar-refractivity contribution in [2.45, 2.75) is 64.7 Å². The van der Waals surface area contributed by atoms with E-state index in [1.54, 1.807) is 4.90 Å². The Kier molecular flexibility index (Phi) is 7.70. The quantitative estimate of drug-likeness (QED) is 0.572. The lowest BCUT2D eigenvalue weighted by Gasteiger charge is -2.30. The monoisotopic (exact) mass is 443 g/mol. The van der Waals surface area contributed by atoms with Crippen molar-refractivity contribution in [2.24, 2.45) is 0 Å². The number of carbonyl (C=O) groups is 2. The molecule has 1 saturated heterocycles. The number of piperidine rings is 1. The largest absolute Gasteiger partial charge is 0.449 e. The molecule has 168 valence electrons. The topological polar surface area (TPSA) is 71.5 Å². The first-order valence-corrected chi connectivity index (χ1v) is 12.0. The number of aromatic nitrogens is 1. The first kappa shape index (κ1) is 23.3. The molecule has 0 saturated carbocycles. The van der Waals surface area contributed by atoms with Crippen molar-refractivity contribution in [1.82, 2.24) is 9.88 Å². The van der Waals surface area contributed by atoms with Gasteiger partial charge in [0.2, 0.25) is 0 Å². The van der Waals surface area contributed by atoms with Gasteiger partial charge in [-0.05, 0) is 36.3 Å². The first-order valence-electron chi connectivity index (χ1n) is 11.1. The molecule has 0 aliphatic carbocycles. The summed E-state index contributed by atoms with van der Waals surface area (Å²) in [5.41, 5.74) is 2.30. The van der Waals surface area contributed by atoms with Gasteiger partial charge in [-0.1, -0.05) is 52.3 Å². The van der Waals surface area contributed by atoms with Crippen LogP contribution in [0.1, 0.15) is 80.4 Å². The Balaban J connectivity index is 1.58. The van der Waals surface area contributed by atoms with Gasteiger partial charge in [0.25, 0.3) is 5.91 Å². The van der Waals surface area contributed by atoms with Gasteiger partial charge in [-0.2, -0.15) is 0 Å². The third-order valence-electron chi connectivity index (χ3n) is 5.56. The van der Waals surface area contributed by atoms with Crippen LogP contribution >= 0.6 is 11.3 Å². The van der Waals surface area contributed by atoms with Crippen molar-refractivity contribution >= 4 is 29.0 Å². The summed E-state index contributed by atoms with van der Waals surface area (Å²) in [4.78, 5) is 31.3. The highest BCUT2D eigenvalue weighted by Crippen LogP contribution is 2.32. The minimum atomic E-state index is -0.219. The molecule has 31 heavy (non-hydrogen) atoms. The predicted molar refractivity (Wildman–Crippen MR) is 125 cm³/mol. The molecule has 2 heterocycles. The van der Waals surface area contributed by atoms with Gasteiger partial charge >= 0.3 is 6.09 Å². The lowest BCUT2D eigenvalue weighted by Crippen LogP contribution is -2.38. The zero-order chi connectivity index (χ0) is 22.4. The molecule has 7 heteroatoms. The van der Waals surface area contributed by atoms with Crippen LogP contribution in [0.4, 0.5) is 10.5 Å². The summed E-state index contributed by atoms with van der Waals surface area (Å²) in [5, 5.41) is 5.83. The highest BCUT2D eigenvalue weighted by atomic mass is 32.1. The van der Waals surface area contributed by atoms with Gasteiger partial charge in [0.05, 0.1) is 11.6 Å². The number of carbonyl (C=O) groups excluding carboxylic acids is 2. The van der Waals surface area contributed by atoms with Crippen molar-refractivity contribution in [1.29, 1.82) is 0 Å². The zero-order valence-corrected chi connectivity index (χ0v) is 19.8. The Bertz CT molecular complexity index is 895. The fourth-order valence-electron chi connectivity index (χ4n) is 3.72. The third-order valence-corrected chi connectivity index (χ3v) is 6.57. The lowest BCUT2D eigenvalue weighted by atomic mass is 9.86. The number of hydrogen-bond donors (Lipinski definition) is 1. The number of thiazole rings is 1. The molecule has 2 amide bonds. The number of nitrogens with one attached hydrogen (secondary N) is 1. The number of para-hydroxylation sites is 1. The van der Waals surface area contributed by atoms with Crippen molar-refractivity contribution in [3.05, 3.63) is 45.9 Å². The fraction of sp³-hybridized carbons (Fsp3) is 0.542. The maximum absolute atomic E-state index is 12.8. The molecule has 0 unspecified atom stereocenters. The summed E-state index contributed by atoms with van der Waals surface area (Å²) < 4.78 is 5.31. The number of amides is 2. The maximum atomic E-state index is 12.8. The number of likely N-dealkylation sites (tertiary alicyclic amines) is 1. The Morgan fingerprint density at radius 2 is 1.94 bits per heavy atom. The highest BCUT2D eigenvalue weighted by Gasteiger charge is 2.27. The summed E-state index contributed by atoms with van der Waals surface area (Å²) >= 11 is 1.52. The summed E-state index contributed by atoms with van der Waals surface area (Å²) in [5.74, 6) is 0.0873. The Labute approximate surface area is 189 Å². The average molecular weight is 444 g/mol. The van der Waals surface area contributed by atoms with Crippen LogP contribution < -0.4 is 5.32 Å². The molecule has 2 aromatic rings. The van der Waals surface area contributed by atoms with Gasteiger partial charge in [0.1, 0.15) is 5.69 Å². The zero-order valence-electron chi connectivity index (χ0n) is 18.9. The smallest absolute Gasteiger partial charge is 0.409 e. The molecule has 1 aliphatic heterocycles. The number of hydrogen-bond acceptors (Lipinski definition) is 5. The molecular formula is C24H33N3O3S. The van der Waals surface area contributed by atoms with Crippen LogP contribution in [0.5, 0.6) is 0 Å². The number of benzene rings is 1. The molecule has 0 radical (unpaired) electrons. The average Bonchev–Trinajstić information content (AvgIpc) is 3.24. The van der Waals surface area contributed by atoms with Crippen LogP contribution in [0.15, 0.2) is 29.6 Å². The van der Waals surface area contributed by atoms with Crippen molar-refractivity contribution in [2.75, 3.05) is 25.0 Å². The molecule has 1 aromatic carbocycles. The van der Waals surface area contributed by atoms with Gasteiger partial charge in [-0.25, -0.2) is 9.78 Å². The summed E-state index contributed by atoms with van der Waals surface area (Å²) in [6.45, 7) is 10.3. The number of unbranched alkanes of at least 4 members (excludes halogenated alkanes) is 1. The van der Waals surface area contributed by atoms with Crippen LogP contribution in [0.3, 0.4) is 0 Å².